The van der Waals surface area contributed by atoms with Crippen LogP contribution in [-0.2, 0) is 22.7 Å². The second-order valence-corrected chi connectivity index (χ2v) is 4.47. The summed E-state index contributed by atoms with van der Waals surface area (Å²) in [5.41, 5.74) is 3.16. The Balaban J connectivity index is 2.03. The summed E-state index contributed by atoms with van der Waals surface area (Å²) in [5.74, 6) is -0.349. The third-order valence-corrected chi connectivity index (χ3v) is 2.88. The third kappa shape index (κ3) is 3.65. The van der Waals surface area contributed by atoms with Crippen molar-refractivity contribution in [2.75, 3.05) is 7.11 Å². The highest BCUT2D eigenvalue weighted by molar-refractivity contribution is 5.91. The number of hydrogen-bond acceptors (Lipinski definition) is 4. The standard InChI is InChI=1S/C16H17NO3/c1-12-7-8-13(9-17-12)10-20-16(18)15-6-4-3-5-14(15)11-19-2/h3-9H,10-11H2,1-2H3. The number of nitrogens with zero attached hydrogens (tertiary/aromatic N) is 1. The molecule has 0 atom stereocenters. The summed E-state index contributed by atoms with van der Waals surface area (Å²) >= 11 is 0. The monoisotopic (exact) mass is 271 g/mol. The molecule has 0 aliphatic rings. The number of benzene rings is 1. The molecule has 4 heteroatoms. The van der Waals surface area contributed by atoms with E-state index in [1.165, 1.54) is 0 Å². The van der Waals surface area contributed by atoms with Crippen molar-refractivity contribution < 1.29 is 14.3 Å². The first-order chi connectivity index (χ1) is 9.70. The lowest BCUT2D eigenvalue weighted by atomic mass is 10.1. The maximum absolute atomic E-state index is 12.1. The lowest BCUT2D eigenvalue weighted by Crippen LogP contribution is -2.09. The molecule has 2 aromatic rings. The Labute approximate surface area is 118 Å². The molecule has 0 bridgehead atoms. The zero-order valence-electron chi connectivity index (χ0n) is 11.6. The number of esters is 1. The van der Waals surface area contributed by atoms with Gasteiger partial charge in [0.25, 0.3) is 0 Å². The molecule has 0 spiro atoms. The number of rotatable bonds is 5. The van der Waals surface area contributed by atoms with Gasteiger partial charge < -0.3 is 9.47 Å². The molecule has 0 N–H and O–H groups in total. The van der Waals surface area contributed by atoms with Crippen LogP contribution in [0.25, 0.3) is 0 Å². The minimum absolute atomic E-state index is 0.216. The highest BCUT2D eigenvalue weighted by Gasteiger charge is 2.12. The smallest absolute Gasteiger partial charge is 0.338 e. The van der Waals surface area contributed by atoms with Crippen LogP contribution in [0.4, 0.5) is 0 Å². The van der Waals surface area contributed by atoms with Gasteiger partial charge in [-0.1, -0.05) is 24.3 Å². The molecule has 4 nitrogen and oxygen atoms in total. The van der Waals surface area contributed by atoms with Crippen molar-refractivity contribution in [3.63, 3.8) is 0 Å². The molecule has 0 amide bonds. The summed E-state index contributed by atoms with van der Waals surface area (Å²) < 4.78 is 10.4. The van der Waals surface area contributed by atoms with Crippen LogP contribution in [0.1, 0.15) is 27.2 Å². The van der Waals surface area contributed by atoms with Crippen molar-refractivity contribution in [3.8, 4) is 0 Å². The fourth-order valence-corrected chi connectivity index (χ4v) is 1.81. The second-order valence-electron chi connectivity index (χ2n) is 4.47. The molecule has 20 heavy (non-hydrogen) atoms. The predicted octanol–water partition coefficient (Wildman–Crippen LogP) is 2.89. The minimum Gasteiger partial charge on any atom is -0.457 e. The van der Waals surface area contributed by atoms with Gasteiger partial charge in [0.15, 0.2) is 0 Å². The normalized spacial score (nSPS) is 10.3. The molecule has 0 saturated carbocycles. The Kier molecular flexibility index (Phi) is 4.85. The van der Waals surface area contributed by atoms with E-state index in [-0.39, 0.29) is 12.6 Å². The van der Waals surface area contributed by atoms with Gasteiger partial charge in [-0.25, -0.2) is 4.79 Å². The van der Waals surface area contributed by atoms with Gasteiger partial charge in [0.05, 0.1) is 12.2 Å². The number of aromatic nitrogens is 1. The van der Waals surface area contributed by atoms with Gasteiger partial charge in [0.1, 0.15) is 6.61 Å². The number of ether oxygens (including phenoxy) is 2. The van der Waals surface area contributed by atoms with Crippen LogP contribution in [0.15, 0.2) is 42.6 Å². The van der Waals surface area contributed by atoms with E-state index in [0.29, 0.717) is 12.2 Å². The first-order valence-corrected chi connectivity index (χ1v) is 6.36. The third-order valence-electron chi connectivity index (χ3n) is 2.88. The molecule has 0 radical (unpaired) electrons. The average molecular weight is 271 g/mol. The van der Waals surface area contributed by atoms with Crippen LogP contribution in [-0.4, -0.2) is 18.1 Å². The van der Waals surface area contributed by atoms with E-state index >= 15 is 0 Å². The Bertz CT molecular complexity index is 579. The first kappa shape index (κ1) is 14.2. The van der Waals surface area contributed by atoms with Gasteiger partial charge in [0.2, 0.25) is 0 Å². The lowest BCUT2D eigenvalue weighted by molar-refractivity contribution is 0.0467. The van der Waals surface area contributed by atoms with Crippen LogP contribution in [0.3, 0.4) is 0 Å². The summed E-state index contributed by atoms with van der Waals surface area (Å²) in [6, 6.07) is 11.1. The van der Waals surface area contributed by atoms with Crippen LogP contribution >= 0.6 is 0 Å². The molecule has 2 rings (SSSR count). The molecule has 0 aliphatic carbocycles. The molecule has 0 fully saturated rings. The summed E-state index contributed by atoms with van der Waals surface area (Å²) in [5, 5.41) is 0. The van der Waals surface area contributed by atoms with E-state index < -0.39 is 0 Å². The minimum atomic E-state index is -0.349. The van der Waals surface area contributed by atoms with Crippen molar-refractivity contribution in [1.29, 1.82) is 0 Å². The van der Waals surface area contributed by atoms with E-state index in [9.17, 15) is 4.79 Å². The molecule has 0 aliphatic heterocycles. The van der Waals surface area contributed by atoms with E-state index in [4.69, 9.17) is 9.47 Å². The van der Waals surface area contributed by atoms with Gasteiger partial charge in [-0.05, 0) is 24.6 Å². The van der Waals surface area contributed by atoms with E-state index in [1.54, 1.807) is 19.4 Å². The number of carbonyl (C=O) groups is 1. The Morgan fingerprint density at radius 2 is 1.95 bits per heavy atom. The molecular weight excluding hydrogens is 254 g/mol. The average Bonchev–Trinajstić information content (AvgIpc) is 2.47. The maximum Gasteiger partial charge on any atom is 0.338 e. The van der Waals surface area contributed by atoms with Gasteiger partial charge in [-0.3, -0.25) is 4.98 Å². The quantitative estimate of drug-likeness (QED) is 0.785. The molecular formula is C16H17NO3. The molecule has 0 unspecified atom stereocenters. The van der Waals surface area contributed by atoms with Gasteiger partial charge in [0, 0.05) is 24.6 Å². The van der Waals surface area contributed by atoms with Crippen molar-refractivity contribution in [1.82, 2.24) is 4.98 Å². The SMILES string of the molecule is COCc1ccccc1C(=O)OCc1ccc(C)nc1. The lowest BCUT2D eigenvalue weighted by Gasteiger charge is -2.09. The number of hydrogen-bond donors (Lipinski definition) is 0. The van der Waals surface area contributed by atoms with Crippen LogP contribution in [0.5, 0.6) is 0 Å². The van der Waals surface area contributed by atoms with E-state index in [1.807, 2.05) is 37.3 Å². The van der Waals surface area contributed by atoms with Crippen molar-refractivity contribution in [2.45, 2.75) is 20.1 Å². The van der Waals surface area contributed by atoms with Crippen molar-refractivity contribution >= 4 is 5.97 Å². The molecule has 1 aromatic heterocycles. The zero-order valence-corrected chi connectivity index (χ0v) is 11.6. The summed E-state index contributed by atoms with van der Waals surface area (Å²) in [4.78, 5) is 16.2. The Morgan fingerprint density at radius 3 is 2.65 bits per heavy atom. The number of pyridine rings is 1. The maximum atomic E-state index is 12.1. The van der Waals surface area contributed by atoms with Crippen LogP contribution in [0.2, 0.25) is 0 Å². The van der Waals surface area contributed by atoms with Gasteiger partial charge in [-0.2, -0.15) is 0 Å². The van der Waals surface area contributed by atoms with Gasteiger partial charge in [-0.15, -0.1) is 0 Å². The molecule has 0 saturated heterocycles. The fourth-order valence-electron chi connectivity index (χ4n) is 1.81. The van der Waals surface area contributed by atoms with E-state index in [2.05, 4.69) is 4.98 Å². The Hall–Kier alpha value is -2.20. The Morgan fingerprint density at radius 1 is 1.15 bits per heavy atom. The first-order valence-electron chi connectivity index (χ1n) is 6.36. The van der Waals surface area contributed by atoms with Crippen molar-refractivity contribution in [3.05, 3.63) is 65.0 Å². The molecule has 1 heterocycles. The van der Waals surface area contributed by atoms with Crippen LogP contribution < -0.4 is 0 Å². The number of methoxy groups -OCH3 is 1. The van der Waals surface area contributed by atoms with Crippen molar-refractivity contribution in [2.24, 2.45) is 0 Å². The highest BCUT2D eigenvalue weighted by atomic mass is 16.5. The van der Waals surface area contributed by atoms with E-state index in [0.717, 1.165) is 16.8 Å². The summed E-state index contributed by atoms with van der Waals surface area (Å²) in [7, 11) is 1.60. The summed E-state index contributed by atoms with van der Waals surface area (Å²) in [6.45, 7) is 2.52. The molecule has 104 valence electrons. The topological polar surface area (TPSA) is 48.4 Å². The van der Waals surface area contributed by atoms with Crippen LogP contribution in [0, 0.1) is 6.92 Å². The second kappa shape index (κ2) is 6.82. The zero-order chi connectivity index (χ0) is 14.4. The number of aryl methyl sites for hydroxylation is 1. The summed E-state index contributed by atoms with van der Waals surface area (Å²) in [6.07, 6.45) is 1.71. The van der Waals surface area contributed by atoms with Gasteiger partial charge >= 0.3 is 5.97 Å². The predicted molar refractivity (Wildman–Crippen MR) is 75.2 cm³/mol. The largest absolute Gasteiger partial charge is 0.457 e. The number of carbonyl (C=O) groups excluding carboxylic acids is 1. The fraction of sp³-hybridized carbons (Fsp3) is 0.250. The highest BCUT2D eigenvalue weighted by Crippen LogP contribution is 2.12. The molecule has 1 aromatic carbocycles.